The fourth-order valence-electron chi connectivity index (χ4n) is 3.62. The van der Waals surface area contributed by atoms with Gasteiger partial charge in [0.1, 0.15) is 17.2 Å². The Bertz CT molecular complexity index is 703. The second-order valence-electron chi connectivity index (χ2n) is 6.92. The number of ether oxygens (including phenoxy) is 1. The van der Waals surface area contributed by atoms with Gasteiger partial charge in [-0.2, -0.15) is 0 Å². The van der Waals surface area contributed by atoms with Crippen LogP contribution in [0.4, 0.5) is 5.82 Å². The zero-order chi connectivity index (χ0) is 17.2. The SMILES string of the molecule is Cc1cc(N(C)C2CCN(Cc3nc4c(s3)COCC4)CC2)ncn1. The van der Waals surface area contributed by atoms with Crippen LogP contribution in [0.25, 0.3) is 0 Å². The molecule has 0 atom stereocenters. The molecule has 0 amide bonds. The molecule has 0 bridgehead atoms. The summed E-state index contributed by atoms with van der Waals surface area (Å²) in [5.41, 5.74) is 2.28. The van der Waals surface area contributed by atoms with Crippen LogP contribution in [-0.2, 0) is 24.3 Å². The lowest BCUT2D eigenvalue weighted by molar-refractivity contribution is 0.112. The number of aryl methyl sites for hydroxylation is 1. The molecule has 1 fully saturated rings. The third-order valence-corrected chi connectivity index (χ3v) is 6.21. The van der Waals surface area contributed by atoms with E-state index < -0.39 is 0 Å². The molecule has 0 saturated carbocycles. The van der Waals surface area contributed by atoms with Gasteiger partial charge < -0.3 is 9.64 Å². The second-order valence-corrected chi connectivity index (χ2v) is 8.08. The molecule has 4 rings (SSSR count). The predicted molar refractivity (Wildman–Crippen MR) is 98.9 cm³/mol. The van der Waals surface area contributed by atoms with Crippen LogP contribution in [0, 0.1) is 6.92 Å². The first-order valence-electron chi connectivity index (χ1n) is 8.98. The average molecular weight is 359 g/mol. The molecular weight excluding hydrogens is 334 g/mol. The highest BCUT2D eigenvalue weighted by atomic mass is 32.1. The molecule has 0 spiro atoms. The molecule has 0 unspecified atom stereocenters. The summed E-state index contributed by atoms with van der Waals surface area (Å²) in [4.78, 5) is 19.6. The van der Waals surface area contributed by atoms with Gasteiger partial charge in [-0.15, -0.1) is 11.3 Å². The third-order valence-electron chi connectivity index (χ3n) is 5.15. The van der Waals surface area contributed by atoms with Crippen molar-refractivity contribution in [1.82, 2.24) is 19.9 Å². The van der Waals surface area contributed by atoms with Gasteiger partial charge in [-0.3, -0.25) is 4.90 Å². The molecule has 7 heteroatoms. The minimum absolute atomic E-state index is 0.545. The summed E-state index contributed by atoms with van der Waals surface area (Å²) >= 11 is 1.83. The molecule has 0 aromatic carbocycles. The summed E-state index contributed by atoms with van der Waals surface area (Å²) < 4.78 is 5.53. The maximum absolute atomic E-state index is 5.53. The van der Waals surface area contributed by atoms with Gasteiger partial charge in [0.05, 0.1) is 30.3 Å². The van der Waals surface area contributed by atoms with Crippen LogP contribution in [0.1, 0.15) is 34.1 Å². The average Bonchev–Trinajstić information content (AvgIpc) is 3.04. The van der Waals surface area contributed by atoms with Crippen molar-refractivity contribution in [2.24, 2.45) is 0 Å². The Hall–Kier alpha value is -1.57. The van der Waals surface area contributed by atoms with Crippen molar-refractivity contribution in [2.45, 2.75) is 45.4 Å². The van der Waals surface area contributed by atoms with Gasteiger partial charge in [-0.05, 0) is 19.8 Å². The van der Waals surface area contributed by atoms with Gasteiger partial charge in [-0.25, -0.2) is 15.0 Å². The quantitative estimate of drug-likeness (QED) is 0.836. The van der Waals surface area contributed by atoms with E-state index in [-0.39, 0.29) is 0 Å². The molecule has 25 heavy (non-hydrogen) atoms. The molecule has 6 nitrogen and oxygen atoms in total. The van der Waals surface area contributed by atoms with Crippen LogP contribution >= 0.6 is 11.3 Å². The van der Waals surface area contributed by atoms with Crippen LogP contribution in [0.15, 0.2) is 12.4 Å². The largest absolute Gasteiger partial charge is 0.375 e. The molecular formula is C18H25N5OS. The van der Waals surface area contributed by atoms with Crippen molar-refractivity contribution in [1.29, 1.82) is 0 Å². The van der Waals surface area contributed by atoms with Crippen molar-refractivity contribution in [3.8, 4) is 0 Å². The van der Waals surface area contributed by atoms with Gasteiger partial charge in [0, 0.05) is 44.4 Å². The molecule has 134 valence electrons. The van der Waals surface area contributed by atoms with Crippen molar-refractivity contribution in [3.63, 3.8) is 0 Å². The first kappa shape index (κ1) is 16.9. The van der Waals surface area contributed by atoms with Crippen molar-refractivity contribution >= 4 is 17.2 Å². The number of hydrogen-bond acceptors (Lipinski definition) is 7. The molecule has 0 radical (unpaired) electrons. The van der Waals surface area contributed by atoms with Crippen LogP contribution in [-0.4, -0.2) is 52.6 Å². The Morgan fingerprint density at radius 2 is 2.16 bits per heavy atom. The van der Waals surface area contributed by atoms with E-state index in [1.54, 1.807) is 6.33 Å². The number of piperidine rings is 1. The maximum Gasteiger partial charge on any atom is 0.132 e. The van der Waals surface area contributed by atoms with E-state index in [0.29, 0.717) is 6.04 Å². The van der Waals surface area contributed by atoms with Crippen molar-refractivity contribution in [2.75, 3.05) is 31.6 Å². The van der Waals surface area contributed by atoms with Gasteiger partial charge in [0.2, 0.25) is 0 Å². The van der Waals surface area contributed by atoms with E-state index in [0.717, 1.165) is 63.6 Å². The fourth-order valence-corrected chi connectivity index (χ4v) is 4.72. The van der Waals surface area contributed by atoms with Crippen LogP contribution in [0.3, 0.4) is 0 Å². The summed E-state index contributed by atoms with van der Waals surface area (Å²) in [6.45, 7) is 6.77. The molecule has 2 aliphatic heterocycles. The van der Waals surface area contributed by atoms with E-state index in [1.165, 1.54) is 15.6 Å². The van der Waals surface area contributed by atoms with Crippen molar-refractivity contribution in [3.05, 3.63) is 33.7 Å². The zero-order valence-electron chi connectivity index (χ0n) is 14.9. The minimum atomic E-state index is 0.545. The van der Waals surface area contributed by atoms with Gasteiger partial charge in [-0.1, -0.05) is 0 Å². The summed E-state index contributed by atoms with van der Waals surface area (Å²) in [7, 11) is 2.15. The minimum Gasteiger partial charge on any atom is -0.375 e. The highest BCUT2D eigenvalue weighted by Gasteiger charge is 2.25. The molecule has 0 aliphatic carbocycles. The normalized spacial score (nSPS) is 19.0. The Labute approximate surface area is 152 Å². The number of likely N-dealkylation sites (tertiary alicyclic amines) is 1. The molecule has 4 heterocycles. The number of hydrogen-bond donors (Lipinski definition) is 0. The van der Waals surface area contributed by atoms with Crippen LogP contribution in [0.2, 0.25) is 0 Å². The number of anilines is 1. The Morgan fingerprint density at radius 3 is 2.92 bits per heavy atom. The van der Waals surface area contributed by atoms with E-state index in [9.17, 15) is 0 Å². The molecule has 2 aromatic heterocycles. The standard InChI is InChI=1S/C18H25N5OS/c1-13-9-17(20-12-19-13)22(2)14-3-6-23(7-4-14)10-18-21-15-5-8-24-11-16(15)25-18/h9,12,14H,3-8,10-11H2,1-2H3. The van der Waals surface area contributed by atoms with E-state index in [1.807, 2.05) is 18.3 Å². The fraction of sp³-hybridized carbons (Fsp3) is 0.611. The number of nitrogens with zero attached hydrogens (tertiary/aromatic N) is 5. The lowest BCUT2D eigenvalue weighted by atomic mass is 10.0. The molecule has 2 aromatic rings. The van der Waals surface area contributed by atoms with Gasteiger partial charge in [0.25, 0.3) is 0 Å². The summed E-state index contributed by atoms with van der Waals surface area (Å²) in [6.07, 6.45) is 4.95. The summed E-state index contributed by atoms with van der Waals surface area (Å²) in [6, 6.07) is 2.61. The molecule has 0 N–H and O–H groups in total. The lowest BCUT2D eigenvalue weighted by Gasteiger charge is -2.37. The number of fused-ring (bicyclic) bond motifs is 1. The highest BCUT2D eigenvalue weighted by Crippen LogP contribution is 2.26. The van der Waals surface area contributed by atoms with E-state index in [4.69, 9.17) is 9.72 Å². The van der Waals surface area contributed by atoms with Gasteiger partial charge >= 0.3 is 0 Å². The maximum atomic E-state index is 5.53. The van der Waals surface area contributed by atoms with Crippen molar-refractivity contribution < 1.29 is 4.74 Å². The second kappa shape index (κ2) is 7.35. The number of thiazole rings is 1. The Balaban J connectivity index is 1.33. The van der Waals surface area contributed by atoms with E-state index >= 15 is 0 Å². The molecule has 2 aliphatic rings. The third kappa shape index (κ3) is 3.83. The van der Waals surface area contributed by atoms with Crippen LogP contribution < -0.4 is 4.90 Å². The first-order valence-corrected chi connectivity index (χ1v) is 9.80. The number of rotatable bonds is 4. The first-order chi connectivity index (χ1) is 12.2. The van der Waals surface area contributed by atoms with Crippen LogP contribution in [0.5, 0.6) is 0 Å². The monoisotopic (exact) mass is 359 g/mol. The Morgan fingerprint density at radius 1 is 1.32 bits per heavy atom. The highest BCUT2D eigenvalue weighted by molar-refractivity contribution is 7.11. The molecule has 1 saturated heterocycles. The Kier molecular flexibility index (Phi) is 4.96. The number of aromatic nitrogens is 3. The smallest absolute Gasteiger partial charge is 0.132 e. The predicted octanol–water partition coefficient (Wildman–Crippen LogP) is 2.42. The van der Waals surface area contributed by atoms with Gasteiger partial charge in [0.15, 0.2) is 0 Å². The summed E-state index contributed by atoms with van der Waals surface area (Å²) in [5, 5.41) is 1.24. The summed E-state index contributed by atoms with van der Waals surface area (Å²) in [5.74, 6) is 1.03. The topological polar surface area (TPSA) is 54.4 Å². The lowest BCUT2D eigenvalue weighted by Crippen LogP contribution is -2.43. The zero-order valence-corrected chi connectivity index (χ0v) is 15.8. The van der Waals surface area contributed by atoms with E-state index in [2.05, 4.69) is 32.9 Å².